The summed E-state index contributed by atoms with van der Waals surface area (Å²) >= 11 is 0. The Morgan fingerprint density at radius 2 is 1.71 bits per heavy atom. The van der Waals surface area contributed by atoms with Gasteiger partial charge >= 0.3 is 0 Å². The second-order valence-electron chi connectivity index (χ2n) is 4.41. The van der Waals surface area contributed by atoms with Gasteiger partial charge in [-0.15, -0.1) is 0 Å². The Kier molecular flexibility index (Phi) is 9.40. The molecule has 0 amide bonds. The molecule has 0 atom stereocenters. The van der Waals surface area contributed by atoms with Crippen molar-refractivity contribution >= 4 is 5.69 Å². The van der Waals surface area contributed by atoms with Crippen LogP contribution in [0.2, 0.25) is 0 Å². The molecule has 0 aliphatic rings. The molecular weight excluding hydrogens is 270 g/mol. The SMILES string of the molecule is CCOc1ccc(NCCCOCCOC)cc1OCC. The summed E-state index contributed by atoms with van der Waals surface area (Å²) in [5, 5.41) is 3.36. The lowest BCUT2D eigenvalue weighted by Crippen LogP contribution is -2.08. The van der Waals surface area contributed by atoms with Gasteiger partial charge in [0, 0.05) is 32.0 Å². The van der Waals surface area contributed by atoms with Crippen LogP contribution < -0.4 is 14.8 Å². The van der Waals surface area contributed by atoms with Crippen LogP contribution in [-0.4, -0.2) is 46.7 Å². The highest BCUT2D eigenvalue weighted by atomic mass is 16.5. The molecule has 0 saturated heterocycles. The lowest BCUT2D eigenvalue weighted by Gasteiger charge is -2.13. The topological polar surface area (TPSA) is 49.0 Å². The number of methoxy groups -OCH3 is 1. The highest BCUT2D eigenvalue weighted by molar-refractivity contribution is 5.54. The molecule has 0 bridgehead atoms. The van der Waals surface area contributed by atoms with Crippen LogP contribution in [0.15, 0.2) is 18.2 Å². The molecule has 0 heterocycles. The van der Waals surface area contributed by atoms with Gasteiger partial charge in [-0.3, -0.25) is 0 Å². The van der Waals surface area contributed by atoms with Crippen molar-refractivity contribution in [2.45, 2.75) is 20.3 Å². The minimum atomic E-state index is 0.622. The average Bonchev–Trinajstić information content (AvgIpc) is 2.49. The maximum Gasteiger partial charge on any atom is 0.163 e. The van der Waals surface area contributed by atoms with Gasteiger partial charge in [0.2, 0.25) is 0 Å². The van der Waals surface area contributed by atoms with Crippen LogP contribution in [0.5, 0.6) is 11.5 Å². The Morgan fingerprint density at radius 3 is 2.43 bits per heavy atom. The van der Waals surface area contributed by atoms with Gasteiger partial charge in [-0.1, -0.05) is 0 Å². The molecule has 1 rings (SSSR count). The highest BCUT2D eigenvalue weighted by Crippen LogP contribution is 2.30. The van der Waals surface area contributed by atoms with Crippen LogP contribution in [0.3, 0.4) is 0 Å². The van der Waals surface area contributed by atoms with Gasteiger partial charge in [0.1, 0.15) is 0 Å². The van der Waals surface area contributed by atoms with Crippen LogP contribution in [-0.2, 0) is 9.47 Å². The van der Waals surface area contributed by atoms with Crippen molar-refractivity contribution < 1.29 is 18.9 Å². The Morgan fingerprint density at radius 1 is 0.952 bits per heavy atom. The molecular formula is C16H27NO4. The van der Waals surface area contributed by atoms with Gasteiger partial charge in [-0.2, -0.15) is 0 Å². The molecule has 5 nitrogen and oxygen atoms in total. The van der Waals surface area contributed by atoms with Crippen LogP contribution in [0, 0.1) is 0 Å². The smallest absolute Gasteiger partial charge is 0.163 e. The molecule has 1 aromatic carbocycles. The summed E-state index contributed by atoms with van der Waals surface area (Å²) < 4.78 is 21.5. The van der Waals surface area contributed by atoms with Gasteiger partial charge in [0.25, 0.3) is 0 Å². The summed E-state index contributed by atoms with van der Waals surface area (Å²) in [6.45, 7) is 8.05. The maximum atomic E-state index is 5.60. The van der Waals surface area contributed by atoms with E-state index >= 15 is 0 Å². The Balaban J connectivity index is 2.35. The predicted octanol–water partition coefficient (Wildman–Crippen LogP) is 2.95. The predicted molar refractivity (Wildman–Crippen MR) is 84.6 cm³/mol. The van der Waals surface area contributed by atoms with Crippen molar-refractivity contribution in [3.8, 4) is 11.5 Å². The third kappa shape index (κ3) is 7.20. The normalized spacial score (nSPS) is 10.4. The van der Waals surface area contributed by atoms with E-state index in [2.05, 4.69) is 5.32 Å². The van der Waals surface area contributed by atoms with Crippen molar-refractivity contribution in [2.75, 3.05) is 52.0 Å². The van der Waals surface area contributed by atoms with Crippen molar-refractivity contribution in [3.63, 3.8) is 0 Å². The lowest BCUT2D eigenvalue weighted by atomic mass is 10.2. The van der Waals surface area contributed by atoms with Crippen molar-refractivity contribution in [1.29, 1.82) is 0 Å². The fraction of sp³-hybridized carbons (Fsp3) is 0.625. The fourth-order valence-electron chi connectivity index (χ4n) is 1.81. The second kappa shape index (κ2) is 11.2. The van der Waals surface area contributed by atoms with Gasteiger partial charge in [-0.25, -0.2) is 0 Å². The van der Waals surface area contributed by atoms with Gasteiger partial charge < -0.3 is 24.3 Å². The monoisotopic (exact) mass is 297 g/mol. The van der Waals surface area contributed by atoms with Gasteiger partial charge in [0.05, 0.1) is 26.4 Å². The summed E-state index contributed by atoms with van der Waals surface area (Å²) in [6, 6.07) is 5.91. The molecule has 21 heavy (non-hydrogen) atoms. The zero-order valence-electron chi connectivity index (χ0n) is 13.3. The number of hydrogen-bond donors (Lipinski definition) is 1. The van der Waals surface area contributed by atoms with Gasteiger partial charge in [-0.05, 0) is 32.4 Å². The summed E-state index contributed by atoms with van der Waals surface area (Å²) in [7, 11) is 1.67. The minimum absolute atomic E-state index is 0.622. The molecule has 1 aromatic rings. The molecule has 0 radical (unpaired) electrons. The first-order chi connectivity index (χ1) is 10.3. The summed E-state index contributed by atoms with van der Waals surface area (Å²) in [5.41, 5.74) is 1.03. The number of hydrogen-bond acceptors (Lipinski definition) is 5. The summed E-state index contributed by atoms with van der Waals surface area (Å²) in [5.74, 6) is 1.56. The molecule has 1 N–H and O–H groups in total. The molecule has 5 heteroatoms. The van der Waals surface area contributed by atoms with E-state index in [1.54, 1.807) is 7.11 Å². The van der Waals surface area contributed by atoms with E-state index in [1.165, 1.54) is 0 Å². The number of rotatable bonds is 12. The lowest BCUT2D eigenvalue weighted by molar-refractivity contribution is 0.0705. The van der Waals surface area contributed by atoms with E-state index in [0.29, 0.717) is 26.4 Å². The second-order valence-corrected chi connectivity index (χ2v) is 4.41. The molecule has 120 valence electrons. The summed E-state index contributed by atoms with van der Waals surface area (Å²) in [6.07, 6.45) is 0.945. The first-order valence-electron chi connectivity index (χ1n) is 7.52. The molecule has 0 spiro atoms. The third-order valence-corrected chi connectivity index (χ3v) is 2.77. The molecule has 0 unspecified atom stereocenters. The maximum absolute atomic E-state index is 5.60. The van der Waals surface area contributed by atoms with Gasteiger partial charge in [0.15, 0.2) is 11.5 Å². The van der Waals surface area contributed by atoms with E-state index in [4.69, 9.17) is 18.9 Å². The Labute approximate surface area is 127 Å². The molecule has 0 aliphatic carbocycles. The Bertz CT molecular complexity index is 385. The van der Waals surface area contributed by atoms with E-state index in [9.17, 15) is 0 Å². The zero-order chi connectivity index (χ0) is 15.3. The fourth-order valence-corrected chi connectivity index (χ4v) is 1.81. The van der Waals surface area contributed by atoms with Crippen LogP contribution in [0.1, 0.15) is 20.3 Å². The average molecular weight is 297 g/mol. The van der Waals surface area contributed by atoms with E-state index in [0.717, 1.165) is 36.8 Å². The molecule has 0 aliphatic heterocycles. The minimum Gasteiger partial charge on any atom is -0.490 e. The number of nitrogens with one attached hydrogen (secondary N) is 1. The highest BCUT2D eigenvalue weighted by Gasteiger charge is 2.05. The number of ether oxygens (including phenoxy) is 4. The van der Waals surface area contributed by atoms with Crippen molar-refractivity contribution in [1.82, 2.24) is 0 Å². The Hall–Kier alpha value is -1.46. The number of benzene rings is 1. The first kappa shape index (κ1) is 17.6. The summed E-state index contributed by atoms with van der Waals surface area (Å²) in [4.78, 5) is 0. The zero-order valence-corrected chi connectivity index (χ0v) is 13.3. The van der Waals surface area contributed by atoms with E-state index < -0.39 is 0 Å². The van der Waals surface area contributed by atoms with Crippen LogP contribution in [0.4, 0.5) is 5.69 Å². The quantitative estimate of drug-likeness (QED) is 0.601. The van der Waals surface area contributed by atoms with Crippen molar-refractivity contribution in [3.05, 3.63) is 18.2 Å². The van der Waals surface area contributed by atoms with Crippen LogP contribution in [0.25, 0.3) is 0 Å². The first-order valence-corrected chi connectivity index (χ1v) is 7.52. The van der Waals surface area contributed by atoms with E-state index in [-0.39, 0.29) is 0 Å². The van der Waals surface area contributed by atoms with Crippen molar-refractivity contribution in [2.24, 2.45) is 0 Å². The molecule has 0 saturated carbocycles. The number of anilines is 1. The third-order valence-electron chi connectivity index (χ3n) is 2.77. The standard InChI is InChI=1S/C16H27NO4/c1-4-20-15-8-7-14(13-16(15)21-5-2)17-9-6-10-19-12-11-18-3/h7-8,13,17H,4-6,9-12H2,1-3H3. The van der Waals surface area contributed by atoms with Crippen LogP contribution >= 0.6 is 0 Å². The van der Waals surface area contributed by atoms with E-state index in [1.807, 2.05) is 32.0 Å². The molecule has 0 aromatic heterocycles. The largest absolute Gasteiger partial charge is 0.490 e. The molecule has 0 fully saturated rings.